The summed E-state index contributed by atoms with van der Waals surface area (Å²) in [6, 6.07) is 0. The monoisotopic (exact) mass is 344 g/mol. The number of hydrogen-bond acceptors (Lipinski definition) is 4. The third kappa shape index (κ3) is 1.67. The van der Waals surface area contributed by atoms with Gasteiger partial charge >= 0.3 is 5.97 Å². The Bertz CT molecular complexity index is 792. The molecule has 0 unspecified atom stereocenters. The number of carbonyl (C=O) groups is 2. The minimum Gasteiger partial charge on any atom is -0.504 e. The molecule has 2 saturated carbocycles. The van der Waals surface area contributed by atoms with Crippen molar-refractivity contribution in [2.75, 3.05) is 0 Å². The summed E-state index contributed by atoms with van der Waals surface area (Å²) in [7, 11) is 0. The second-order valence-electron chi connectivity index (χ2n) is 8.73. The van der Waals surface area contributed by atoms with Gasteiger partial charge in [-0.3, -0.25) is 9.59 Å². The molecule has 4 rings (SSSR count). The Balaban J connectivity index is 2.00. The average molecular weight is 344 g/mol. The first-order chi connectivity index (χ1) is 11.6. The summed E-state index contributed by atoms with van der Waals surface area (Å²) in [5, 5.41) is 32.2. The molecule has 4 aliphatic rings. The van der Waals surface area contributed by atoms with Gasteiger partial charge in [-0.15, -0.1) is 6.58 Å². The molecule has 0 amide bonds. The molecule has 134 valence electrons. The Hall–Kier alpha value is -1.88. The van der Waals surface area contributed by atoms with Gasteiger partial charge in [0.25, 0.3) is 0 Å². The first-order valence-corrected chi connectivity index (χ1v) is 8.87. The SMILES string of the molecule is C=C[C@]1(C)C=C2C(=O)C(O)=C3[C@@](C)(C(=O)O)CC[C@H]4C[C@@]34[C@@]2(O)CC1. The highest BCUT2D eigenvalue weighted by Crippen LogP contribution is 2.77. The lowest BCUT2D eigenvalue weighted by Crippen LogP contribution is -2.57. The summed E-state index contributed by atoms with van der Waals surface area (Å²) >= 11 is 0. The van der Waals surface area contributed by atoms with E-state index in [-0.39, 0.29) is 17.1 Å². The highest BCUT2D eigenvalue weighted by molar-refractivity contribution is 6.11. The zero-order valence-electron chi connectivity index (χ0n) is 14.6. The quantitative estimate of drug-likeness (QED) is 0.670. The molecular weight excluding hydrogens is 320 g/mol. The van der Waals surface area contributed by atoms with Crippen LogP contribution < -0.4 is 0 Å². The molecule has 0 aromatic rings. The van der Waals surface area contributed by atoms with Crippen LogP contribution in [0.25, 0.3) is 0 Å². The van der Waals surface area contributed by atoms with E-state index < -0.39 is 39.4 Å². The highest BCUT2D eigenvalue weighted by atomic mass is 16.4. The van der Waals surface area contributed by atoms with Crippen LogP contribution in [0.4, 0.5) is 0 Å². The van der Waals surface area contributed by atoms with Crippen molar-refractivity contribution in [3.05, 3.63) is 35.6 Å². The summed E-state index contributed by atoms with van der Waals surface area (Å²) < 4.78 is 0. The molecule has 1 spiro atoms. The third-order valence-electron chi connectivity index (χ3n) is 7.41. The van der Waals surface area contributed by atoms with Crippen LogP contribution in [-0.4, -0.2) is 32.7 Å². The van der Waals surface area contributed by atoms with Gasteiger partial charge < -0.3 is 15.3 Å². The van der Waals surface area contributed by atoms with E-state index in [0.29, 0.717) is 32.1 Å². The molecular formula is C20H24O5. The zero-order valence-corrected chi connectivity index (χ0v) is 14.6. The maximum Gasteiger partial charge on any atom is 0.313 e. The Morgan fingerprint density at radius 3 is 2.60 bits per heavy atom. The predicted molar refractivity (Wildman–Crippen MR) is 90.7 cm³/mol. The van der Waals surface area contributed by atoms with Gasteiger partial charge in [0.1, 0.15) is 5.60 Å². The molecule has 2 fully saturated rings. The number of aliphatic carboxylic acids is 1. The van der Waals surface area contributed by atoms with E-state index in [1.165, 1.54) is 0 Å². The maximum absolute atomic E-state index is 12.9. The molecule has 0 radical (unpaired) electrons. The van der Waals surface area contributed by atoms with Crippen LogP contribution in [0.3, 0.4) is 0 Å². The van der Waals surface area contributed by atoms with Gasteiger partial charge in [0.15, 0.2) is 5.76 Å². The number of aliphatic hydroxyl groups is 2. The summed E-state index contributed by atoms with van der Waals surface area (Å²) in [5.41, 5.74) is -3.45. The van der Waals surface area contributed by atoms with Crippen molar-refractivity contribution in [3.8, 4) is 0 Å². The summed E-state index contributed by atoms with van der Waals surface area (Å²) in [6.07, 6.45) is 6.18. The van der Waals surface area contributed by atoms with Crippen molar-refractivity contribution >= 4 is 11.8 Å². The van der Waals surface area contributed by atoms with Crippen LogP contribution in [0, 0.1) is 22.2 Å². The van der Waals surface area contributed by atoms with Crippen LogP contribution in [-0.2, 0) is 9.59 Å². The van der Waals surface area contributed by atoms with Crippen LogP contribution in [0.5, 0.6) is 0 Å². The third-order valence-corrected chi connectivity index (χ3v) is 7.41. The number of carbonyl (C=O) groups excluding carboxylic acids is 1. The van der Waals surface area contributed by atoms with E-state index in [0.717, 1.165) is 0 Å². The number of rotatable bonds is 2. The van der Waals surface area contributed by atoms with Crippen LogP contribution in [0.15, 0.2) is 35.6 Å². The minimum absolute atomic E-state index is 0.117. The lowest BCUT2D eigenvalue weighted by Gasteiger charge is -2.53. The lowest BCUT2D eigenvalue weighted by atomic mass is 9.52. The molecule has 0 aliphatic heterocycles. The Labute approximate surface area is 146 Å². The van der Waals surface area contributed by atoms with E-state index in [2.05, 4.69) is 6.58 Å². The molecule has 25 heavy (non-hydrogen) atoms. The first kappa shape index (κ1) is 16.6. The van der Waals surface area contributed by atoms with Crippen molar-refractivity contribution < 1.29 is 24.9 Å². The van der Waals surface area contributed by atoms with Crippen molar-refractivity contribution in [2.24, 2.45) is 22.2 Å². The van der Waals surface area contributed by atoms with Gasteiger partial charge in [-0.05, 0) is 44.9 Å². The molecule has 0 aromatic heterocycles. The van der Waals surface area contributed by atoms with Gasteiger partial charge in [-0.2, -0.15) is 0 Å². The van der Waals surface area contributed by atoms with Crippen LogP contribution in [0.1, 0.15) is 46.0 Å². The number of allylic oxidation sites excluding steroid dienone is 3. The summed E-state index contributed by atoms with van der Waals surface area (Å²) in [4.78, 5) is 24.9. The number of ketones is 1. The predicted octanol–water partition coefficient (Wildman–Crippen LogP) is 2.92. The number of Topliss-reactive ketones (excluding diaryl/α,β-unsaturated/α-hetero) is 1. The smallest absolute Gasteiger partial charge is 0.313 e. The van der Waals surface area contributed by atoms with Gasteiger partial charge in [0, 0.05) is 22.0 Å². The molecule has 4 aliphatic carbocycles. The van der Waals surface area contributed by atoms with Crippen LogP contribution in [0.2, 0.25) is 0 Å². The topological polar surface area (TPSA) is 94.8 Å². The largest absolute Gasteiger partial charge is 0.504 e. The van der Waals surface area contributed by atoms with Gasteiger partial charge in [0.2, 0.25) is 5.78 Å². The fourth-order valence-electron chi connectivity index (χ4n) is 5.69. The second kappa shape index (κ2) is 4.44. The molecule has 0 bridgehead atoms. The first-order valence-electron chi connectivity index (χ1n) is 8.87. The molecule has 5 atom stereocenters. The van der Waals surface area contributed by atoms with Gasteiger partial charge in [0.05, 0.1) is 5.41 Å². The van der Waals surface area contributed by atoms with E-state index >= 15 is 0 Å². The van der Waals surface area contributed by atoms with Crippen molar-refractivity contribution in [1.82, 2.24) is 0 Å². The molecule has 0 heterocycles. The number of fused-ring (bicyclic) bond motifs is 1. The molecule has 5 nitrogen and oxygen atoms in total. The number of carboxylic acid groups (broad SMARTS) is 1. The Morgan fingerprint density at radius 2 is 2.00 bits per heavy atom. The van der Waals surface area contributed by atoms with Gasteiger partial charge in [-0.1, -0.05) is 19.1 Å². The summed E-state index contributed by atoms with van der Waals surface area (Å²) in [6.45, 7) is 7.34. The average Bonchev–Trinajstić information content (AvgIpc) is 3.30. The van der Waals surface area contributed by atoms with Crippen molar-refractivity contribution in [3.63, 3.8) is 0 Å². The van der Waals surface area contributed by atoms with Gasteiger partial charge in [-0.25, -0.2) is 0 Å². The van der Waals surface area contributed by atoms with Crippen molar-refractivity contribution in [2.45, 2.75) is 51.6 Å². The fourth-order valence-corrected chi connectivity index (χ4v) is 5.69. The Kier molecular flexibility index (Phi) is 2.95. The van der Waals surface area contributed by atoms with Crippen LogP contribution >= 0.6 is 0 Å². The Morgan fingerprint density at radius 1 is 1.32 bits per heavy atom. The van der Waals surface area contributed by atoms with E-state index in [1.54, 1.807) is 19.1 Å². The van der Waals surface area contributed by atoms with E-state index in [1.807, 2.05) is 6.92 Å². The zero-order chi connectivity index (χ0) is 18.4. The van der Waals surface area contributed by atoms with Crippen molar-refractivity contribution in [1.29, 1.82) is 0 Å². The fraction of sp³-hybridized carbons (Fsp3) is 0.600. The van der Waals surface area contributed by atoms with E-state index in [9.17, 15) is 24.9 Å². The summed E-state index contributed by atoms with van der Waals surface area (Å²) in [5.74, 6) is -2.02. The lowest BCUT2D eigenvalue weighted by molar-refractivity contribution is -0.149. The number of hydrogen-bond donors (Lipinski definition) is 3. The standard InChI is InChI=1S/C20H24O5/c1-4-17(2)7-8-20(25)12(10-17)13(21)14(22)15-18(3,16(23)24)6-5-11-9-19(11,15)20/h4,10-11,22,25H,1,5-9H2,2-3H3,(H,23,24)/t11-,17-,18-,19-,20+/m0/s1. The normalized spacial score (nSPS) is 48.0. The number of aliphatic hydroxyl groups excluding tert-OH is 1. The molecule has 3 N–H and O–H groups in total. The highest BCUT2D eigenvalue weighted by Gasteiger charge is 2.77. The molecule has 0 saturated heterocycles. The number of carboxylic acids is 1. The second-order valence-corrected chi connectivity index (χ2v) is 8.73. The van der Waals surface area contributed by atoms with E-state index in [4.69, 9.17) is 0 Å². The minimum atomic E-state index is -1.39. The molecule has 5 heteroatoms. The maximum atomic E-state index is 12.9. The molecule has 0 aromatic carbocycles.